The van der Waals surface area contributed by atoms with Gasteiger partial charge in [0.15, 0.2) is 5.69 Å². The number of rotatable bonds is 3. The summed E-state index contributed by atoms with van der Waals surface area (Å²) in [5.74, 6) is 0.336. The van der Waals surface area contributed by atoms with E-state index in [1.165, 1.54) is 11.3 Å². The molecule has 200 valence electrons. The van der Waals surface area contributed by atoms with E-state index in [2.05, 4.69) is 15.5 Å². The molecule has 11 heteroatoms. The van der Waals surface area contributed by atoms with Crippen LogP contribution < -0.4 is 10.1 Å². The van der Waals surface area contributed by atoms with Gasteiger partial charge in [-0.05, 0) is 38.0 Å². The van der Waals surface area contributed by atoms with Gasteiger partial charge in [0.05, 0.1) is 29.6 Å². The predicted molar refractivity (Wildman–Crippen MR) is 140 cm³/mol. The second kappa shape index (κ2) is 11.3. The Morgan fingerprint density at radius 2 is 1.97 bits per heavy atom. The van der Waals surface area contributed by atoms with Crippen molar-refractivity contribution in [3.8, 4) is 5.75 Å². The zero-order valence-corrected chi connectivity index (χ0v) is 22.3. The van der Waals surface area contributed by atoms with Crippen molar-refractivity contribution in [3.63, 3.8) is 0 Å². The van der Waals surface area contributed by atoms with Gasteiger partial charge in [0, 0.05) is 43.5 Å². The topological polar surface area (TPSA) is 118 Å². The van der Waals surface area contributed by atoms with Crippen LogP contribution in [0.1, 0.15) is 44.9 Å². The van der Waals surface area contributed by atoms with Gasteiger partial charge in [-0.2, -0.15) is 0 Å². The molecule has 4 heterocycles. The van der Waals surface area contributed by atoms with Crippen LogP contribution in [-0.2, 0) is 16.0 Å². The molecule has 10 nitrogen and oxygen atoms in total. The van der Waals surface area contributed by atoms with Crippen molar-refractivity contribution >= 4 is 29.1 Å². The molecule has 0 spiro atoms. The first-order valence-electron chi connectivity index (χ1n) is 12.8. The minimum absolute atomic E-state index is 0.0295. The van der Waals surface area contributed by atoms with Gasteiger partial charge in [0.1, 0.15) is 18.1 Å². The maximum atomic E-state index is 13.3. The molecular formula is C27H31N5O5S. The number of carbonyl (C=O) groups is 3. The van der Waals surface area contributed by atoms with E-state index >= 15 is 0 Å². The summed E-state index contributed by atoms with van der Waals surface area (Å²) in [6.45, 7) is 5.99. The third-order valence-electron chi connectivity index (χ3n) is 6.96. The Morgan fingerprint density at radius 1 is 1.13 bits per heavy atom. The Kier molecular flexibility index (Phi) is 7.73. The van der Waals surface area contributed by atoms with E-state index < -0.39 is 0 Å². The lowest BCUT2D eigenvalue weighted by Crippen LogP contribution is -2.39. The van der Waals surface area contributed by atoms with Gasteiger partial charge in [-0.15, -0.1) is 11.3 Å². The summed E-state index contributed by atoms with van der Waals surface area (Å²) in [5.41, 5.74) is 1.96. The van der Waals surface area contributed by atoms with Gasteiger partial charge in [-0.1, -0.05) is 17.3 Å². The third kappa shape index (κ3) is 5.88. The van der Waals surface area contributed by atoms with Crippen molar-refractivity contribution in [1.29, 1.82) is 0 Å². The second-order valence-electron chi connectivity index (χ2n) is 9.73. The maximum Gasteiger partial charge on any atom is 0.276 e. The highest BCUT2D eigenvalue weighted by Gasteiger charge is 2.40. The Hall–Kier alpha value is -3.73. The van der Waals surface area contributed by atoms with Crippen molar-refractivity contribution in [3.05, 3.63) is 63.4 Å². The van der Waals surface area contributed by atoms with Gasteiger partial charge in [-0.3, -0.25) is 14.4 Å². The van der Waals surface area contributed by atoms with Crippen molar-refractivity contribution in [2.24, 2.45) is 5.92 Å². The quantitative estimate of drug-likeness (QED) is 0.546. The number of thiazole rings is 1. The third-order valence-corrected chi connectivity index (χ3v) is 7.79. The molecule has 2 aliphatic heterocycles. The average molecular weight is 538 g/mol. The Balaban J connectivity index is 1.32. The zero-order valence-electron chi connectivity index (χ0n) is 21.5. The molecule has 3 aromatic rings. The maximum absolute atomic E-state index is 13.3. The van der Waals surface area contributed by atoms with Crippen LogP contribution in [0.15, 0.2) is 40.2 Å². The molecule has 3 amide bonds. The van der Waals surface area contributed by atoms with Crippen molar-refractivity contribution in [1.82, 2.24) is 25.3 Å². The number of carbonyl (C=O) groups excluding carboxylic acids is 3. The molecule has 1 N–H and O–H groups in total. The number of aromatic nitrogens is 2. The molecule has 2 aliphatic rings. The Bertz CT molecular complexity index is 1320. The number of nitrogens with one attached hydrogen (secondary N) is 1. The zero-order chi connectivity index (χ0) is 26.6. The minimum Gasteiger partial charge on any atom is -0.492 e. The molecule has 0 radical (unpaired) electrons. The Morgan fingerprint density at radius 3 is 2.74 bits per heavy atom. The van der Waals surface area contributed by atoms with E-state index in [0.717, 1.165) is 16.3 Å². The van der Waals surface area contributed by atoms with Gasteiger partial charge in [0.2, 0.25) is 11.8 Å². The van der Waals surface area contributed by atoms with E-state index in [1.54, 1.807) is 22.8 Å². The monoisotopic (exact) mass is 537 g/mol. The van der Waals surface area contributed by atoms with Gasteiger partial charge in [-0.25, -0.2) is 4.98 Å². The summed E-state index contributed by atoms with van der Waals surface area (Å²) in [6.07, 6.45) is 0.798. The van der Waals surface area contributed by atoms with Crippen LogP contribution in [0, 0.1) is 19.8 Å². The van der Waals surface area contributed by atoms with E-state index in [0.29, 0.717) is 57.3 Å². The summed E-state index contributed by atoms with van der Waals surface area (Å²) < 4.78 is 11.1. The number of hydrogen-bond acceptors (Lipinski definition) is 8. The largest absolute Gasteiger partial charge is 0.492 e. The van der Waals surface area contributed by atoms with Crippen LogP contribution >= 0.6 is 11.3 Å². The summed E-state index contributed by atoms with van der Waals surface area (Å²) in [4.78, 5) is 47.3. The number of likely N-dealkylation sites (tertiary alicyclic amines) is 1. The highest BCUT2D eigenvalue weighted by molar-refractivity contribution is 7.09. The molecule has 1 saturated heterocycles. The van der Waals surface area contributed by atoms with Crippen LogP contribution in [-0.4, -0.2) is 77.0 Å². The van der Waals surface area contributed by atoms with Crippen LogP contribution in [0.2, 0.25) is 0 Å². The average Bonchev–Trinajstić information content (AvgIpc) is 3.64. The van der Waals surface area contributed by atoms with E-state index in [-0.39, 0.29) is 41.7 Å². The first kappa shape index (κ1) is 25.9. The predicted octanol–water partition coefficient (Wildman–Crippen LogP) is 2.57. The lowest BCUT2D eigenvalue weighted by Gasteiger charge is -2.24. The van der Waals surface area contributed by atoms with E-state index in [9.17, 15) is 14.4 Å². The summed E-state index contributed by atoms with van der Waals surface area (Å²) in [6, 6.07) is 9.28. The SMILES string of the molecule is Cc1cc(C(=O)N2CCCNC(=O)[C@H]3CN(C(=O)Cc4csc(C)n4)C[C@@H]3c3cccc(c3)OCC2)no1. The molecule has 1 aromatic carbocycles. The van der Waals surface area contributed by atoms with Gasteiger partial charge < -0.3 is 24.4 Å². The number of aryl methyl sites for hydroxylation is 2. The van der Waals surface area contributed by atoms with Gasteiger partial charge in [0.25, 0.3) is 5.91 Å². The molecule has 2 bridgehead atoms. The van der Waals surface area contributed by atoms with Crippen LogP contribution in [0.3, 0.4) is 0 Å². The fourth-order valence-electron chi connectivity index (χ4n) is 5.03. The van der Waals surface area contributed by atoms with E-state index in [1.807, 2.05) is 36.6 Å². The normalized spacial score (nSPS) is 20.3. The van der Waals surface area contributed by atoms with Crippen molar-refractivity contribution < 1.29 is 23.6 Å². The van der Waals surface area contributed by atoms with Crippen LogP contribution in [0.25, 0.3) is 0 Å². The lowest BCUT2D eigenvalue weighted by atomic mass is 9.88. The molecular weight excluding hydrogens is 506 g/mol. The molecule has 0 saturated carbocycles. The van der Waals surface area contributed by atoms with Crippen molar-refractivity contribution in [2.45, 2.75) is 32.6 Å². The molecule has 0 aliphatic carbocycles. The molecule has 2 atom stereocenters. The van der Waals surface area contributed by atoms with Crippen LogP contribution in [0.5, 0.6) is 5.75 Å². The summed E-state index contributed by atoms with van der Waals surface area (Å²) in [5, 5.41) is 9.73. The first-order chi connectivity index (χ1) is 18.4. The molecule has 38 heavy (non-hydrogen) atoms. The fraction of sp³-hybridized carbons (Fsp3) is 0.444. The number of hydrogen-bond donors (Lipinski definition) is 1. The smallest absolute Gasteiger partial charge is 0.276 e. The highest BCUT2D eigenvalue weighted by atomic mass is 32.1. The summed E-state index contributed by atoms with van der Waals surface area (Å²) >= 11 is 1.52. The second-order valence-corrected chi connectivity index (χ2v) is 10.8. The number of nitrogens with zero attached hydrogens (tertiary/aromatic N) is 4. The van der Waals surface area contributed by atoms with E-state index in [4.69, 9.17) is 9.26 Å². The van der Waals surface area contributed by atoms with Crippen LogP contribution in [0.4, 0.5) is 0 Å². The molecule has 0 unspecified atom stereocenters. The standard InChI is InChI=1S/C27H31N5O5S/c1-17-11-24(30-37-17)27(35)31-8-4-7-28-26(34)23-15-32(25(33)13-20-16-38-18(2)29-20)14-22(23)19-5-3-6-21(12-19)36-10-9-31/h3,5-6,11-12,16,22-23H,4,7-10,13-15H2,1-2H3,(H,28,34)/t22-,23+/m1/s1. The lowest BCUT2D eigenvalue weighted by molar-refractivity contribution is -0.130. The number of fused-ring (bicyclic) bond motifs is 4. The van der Waals surface area contributed by atoms with Gasteiger partial charge >= 0.3 is 0 Å². The highest BCUT2D eigenvalue weighted by Crippen LogP contribution is 2.35. The molecule has 5 rings (SSSR count). The molecule has 2 aromatic heterocycles. The first-order valence-corrected chi connectivity index (χ1v) is 13.7. The summed E-state index contributed by atoms with van der Waals surface area (Å²) in [7, 11) is 0. The Labute approximate surface area is 225 Å². The minimum atomic E-state index is -0.384. The number of ether oxygens (including phenoxy) is 1. The fourth-order valence-corrected chi connectivity index (χ4v) is 5.64. The number of amides is 3. The number of benzene rings is 1. The van der Waals surface area contributed by atoms with Crippen molar-refractivity contribution in [2.75, 3.05) is 39.3 Å². The molecule has 1 fully saturated rings.